The fourth-order valence-corrected chi connectivity index (χ4v) is 5.26. The van der Waals surface area contributed by atoms with Crippen molar-refractivity contribution < 1.29 is 14.4 Å². The maximum absolute atomic E-state index is 13.2. The van der Waals surface area contributed by atoms with Crippen LogP contribution in [-0.4, -0.2) is 45.0 Å². The van der Waals surface area contributed by atoms with E-state index in [0.29, 0.717) is 35.7 Å². The molecule has 1 aromatic heterocycles. The van der Waals surface area contributed by atoms with Crippen LogP contribution in [0.4, 0.5) is 10.5 Å². The molecule has 168 valence electrons. The predicted octanol–water partition coefficient (Wildman–Crippen LogP) is 2.51. The number of urea groups is 1. The first-order valence-electron chi connectivity index (χ1n) is 10.7. The molecule has 9 nitrogen and oxygen atoms in total. The standard InChI is InChI=1S/C23H27N5O4/c1-14-10-22(2,3)13-23(11-14)20(31)28(21(32)25-23)12-19(30)24-16-6-4-5-15(9-16)17-7-8-18(29)27-26-17/h4-9,14H,10-13H2,1-3H3,(H,24,30)(H,25,32)(H,27,29). The molecule has 1 saturated heterocycles. The van der Waals surface area contributed by atoms with Crippen LogP contribution in [0.15, 0.2) is 41.2 Å². The van der Waals surface area contributed by atoms with Gasteiger partial charge in [-0.15, -0.1) is 0 Å². The number of hydrogen-bond donors (Lipinski definition) is 3. The van der Waals surface area contributed by atoms with Crippen molar-refractivity contribution in [3.05, 3.63) is 46.8 Å². The average Bonchev–Trinajstić information content (AvgIpc) is 2.90. The van der Waals surface area contributed by atoms with Gasteiger partial charge in [0.05, 0.1) is 5.69 Å². The summed E-state index contributed by atoms with van der Waals surface area (Å²) in [5.41, 5.74) is 0.427. The van der Waals surface area contributed by atoms with Crippen molar-refractivity contribution in [1.29, 1.82) is 0 Å². The third-order valence-electron chi connectivity index (χ3n) is 6.05. The molecule has 1 spiro atoms. The average molecular weight is 438 g/mol. The van der Waals surface area contributed by atoms with E-state index in [-0.39, 0.29) is 23.4 Å². The lowest BCUT2D eigenvalue weighted by Crippen LogP contribution is -2.54. The van der Waals surface area contributed by atoms with Crippen molar-refractivity contribution in [2.45, 2.75) is 45.6 Å². The minimum atomic E-state index is -0.936. The highest BCUT2D eigenvalue weighted by Gasteiger charge is 2.56. The normalized spacial score (nSPS) is 24.5. The largest absolute Gasteiger partial charge is 0.325 e. The first-order valence-corrected chi connectivity index (χ1v) is 10.7. The van der Waals surface area contributed by atoms with Crippen LogP contribution in [0.25, 0.3) is 11.3 Å². The third-order valence-corrected chi connectivity index (χ3v) is 6.05. The van der Waals surface area contributed by atoms with Gasteiger partial charge in [-0.25, -0.2) is 9.89 Å². The fourth-order valence-electron chi connectivity index (χ4n) is 5.26. The Kier molecular flexibility index (Phi) is 5.36. The van der Waals surface area contributed by atoms with Gasteiger partial charge in [0, 0.05) is 17.3 Å². The number of imide groups is 1. The Hall–Kier alpha value is -3.49. The number of amides is 4. The minimum absolute atomic E-state index is 0.0743. The number of benzene rings is 1. The summed E-state index contributed by atoms with van der Waals surface area (Å²) in [6.07, 6.45) is 2.12. The van der Waals surface area contributed by atoms with E-state index in [4.69, 9.17) is 0 Å². The van der Waals surface area contributed by atoms with Gasteiger partial charge in [-0.05, 0) is 48.8 Å². The number of carbonyl (C=O) groups excluding carboxylic acids is 3. The summed E-state index contributed by atoms with van der Waals surface area (Å²) in [6.45, 7) is 5.93. The van der Waals surface area contributed by atoms with Gasteiger partial charge >= 0.3 is 6.03 Å². The van der Waals surface area contributed by atoms with Crippen molar-refractivity contribution in [3.63, 3.8) is 0 Å². The Morgan fingerprint density at radius 3 is 2.66 bits per heavy atom. The highest BCUT2D eigenvalue weighted by atomic mass is 16.2. The lowest BCUT2D eigenvalue weighted by molar-refractivity contribution is -0.136. The van der Waals surface area contributed by atoms with Crippen molar-refractivity contribution in [1.82, 2.24) is 20.4 Å². The zero-order chi connectivity index (χ0) is 23.1. The van der Waals surface area contributed by atoms with Crippen molar-refractivity contribution in [3.8, 4) is 11.3 Å². The van der Waals surface area contributed by atoms with Crippen LogP contribution in [0.5, 0.6) is 0 Å². The van der Waals surface area contributed by atoms with Crippen molar-refractivity contribution in [2.24, 2.45) is 11.3 Å². The summed E-state index contributed by atoms with van der Waals surface area (Å²) >= 11 is 0. The van der Waals surface area contributed by atoms with Gasteiger partial charge in [0.2, 0.25) is 5.91 Å². The van der Waals surface area contributed by atoms with Gasteiger partial charge in [0.25, 0.3) is 11.5 Å². The Balaban J connectivity index is 1.46. The van der Waals surface area contributed by atoms with E-state index < -0.39 is 17.5 Å². The molecule has 1 aromatic carbocycles. The molecule has 2 fully saturated rings. The second-order valence-corrected chi connectivity index (χ2v) is 9.69. The smallest absolute Gasteiger partial charge is 0.325 e. The number of anilines is 1. The Morgan fingerprint density at radius 2 is 1.97 bits per heavy atom. The molecule has 2 heterocycles. The predicted molar refractivity (Wildman–Crippen MR) is 119 cm³/mol. The van der Waals surface area contributed by atoms with Gasteiger partial charge in [-0.3, -0.25) is 19.3 Å². The van der Waals surface area contributed by atoms with Crippen LogP contribution in [0.1, 0.15) is 40.0 Å². The SMILES string of the molecule is CC1CC(C)(C)CC2(C1)NC(=O)N(CC(=O)Nc1cccc(-c3ccc(=O)[nH]n3)c1)C2=O. The first kappa shape index (κ1) is 21.7. The molecule has 2 atom stereocenters. The van der Waals surface area contributed by atoms with Crippen LogP contribution >= 0.6 is 0 Å². The molecule has 1 aliphatic heterocycles. The van der Waals surface area contributed by atoms with E-state index >= 15 is 0 Å². The topological polar surface area (TPSA) is 124 Å². The summed E-state index contributed by atoms with van der Waals surface area (Å²) in [6, 6.07) is 9.37. The number of hydrogen-bond acceptors (Lipinski definition) is 5. The Labute approximate surface area is 185 Å². The molecule has 32 heavy (non-hydrogen) atoms. The molecule has 9 heteroatoms. The summed E-state index contributed by atoms with van der Waals surface area (Å²) < 4.78 is 0. The van der Waals surface area contributed by atoms with Gasteiger partial charge < -0.3 is 10.6 Å². The second-order valence-electron chi connectivity index (χ2n) is 9.69. The highest BCUT2D eigenvalue weighted by Crippen LogP contribution is 2.46. The molecule has 2 unspecified atom stereocenters. The summed E-state index contributed by atoms with van der Waals surface area (Å²) in [4.78, 5) is 50.7. The van der Waals surface area contributed by atoms with Crippen LogP contribution in [-0.2, 0) is 9.59 Å². The van der Waals surface area contributed by atoms with E-state index in [1.165, 1.54) is 6.07 Å². The maximum atomic E-state index is 13.2. The van der Waals surface area contributed by atoms with Gasteiger partial charge in [-0.2, -0.15) is 5.10 Å². The second kappa shape index (κ2) is 7.89. The summed E-state index contributed by atoms with van der Waals surface area (Å²) in [7, 11) is 0. The number of nitrogens with one attached hydrogen (secondary N) is 3. The molecule has 2 aromatic rings. The van der Waals surface area contributed by atoms with Crippen LogP contribution < -0.4 is 16.2 Å². The van der Waals surface area contributed by atoms with E-state index in [9.17, 15) is 19.2 Å². The molecule has 0 radical (unpaired) electrons. The number of H-pyrrole nitrogens is 1. The van der Waals surface area contributed by atoms with Crippen molar-refractivity contribution in [2.75, 3.05) is 11.9 Å². The third kappa shape index (κ3) is 4.28. The zero-order valence-corrected chi connectivity index (χ0v) is 18.4. The minimum Gasteiger partial charge on any atom is -0.325 e. The van der Waals surface area contributed by atoms with Crippen LogP contribution in [0, 0.1) is 11.3 Å². The molecule has 3 N–H and O–H groups in total. The number of carbonyl (C=O) groups is 3. The highest BCUT2D eigenvalue weighted by molar-refractivity contribution is 6.10. The van der Waals surface area contributed by atoms with Crippen molar-refractivity contribution >= 4 is 23.5 Å². The molecular weight excluding hydrogens is 410 g/mol. The summed E-state index contributed by atoms with van der Waals surface area (Å²) in [5.74, 6) is -0.509. The van der Waals surface area contributed by atoms with Gasteiger partial charge in [0.15, 0.2) is 0 Å². The van der Waals surface area contributed by atoms with Crippen LogP contribution in [0.3, 0.4) is 0 Å². The van der Waals surface area contributed by atoms with E-state index in [1.54, 1.807) is 30.3 Å². The van der Waals surface area contributed by atoms with E-state index in [1.807, 2.05) is 0 Å². The Bertz CT molecular complexity index is 1120. The van der Waals surface area contributed by atoms with Crippen LogP contribution in [0.2, 0.25) is 0 Å². The van der Waals surface area contributed by atoms with E-state index in [0.717, 1.165) is 11.3 Å². The fraction of sp³-hybridized carbons (Fsp3) is 0.435. The van der Waals surface area contributed by atoms with Gasteiger partial charge in [0.1, 0.15) is 12.1 Å². The number of aromatic nitrogens is 2. The lowest BCUT2D eigenvalue weighted by atomic mass is 9.64. The molecule has 0 bridgehead atoms. The van der Waals surface area contributed by atoms with Gasteiger partial charge in [-0.1, -0.05) is 32.9 Å². The zero-order valence-electron chi connectivity index (χ0n) is 18.4. The quantitative estimate of drug-likeness (QED) is 0.634. The maximum Gasteiger partial charge on any atom is 0.325 e. The molecule has 4 rings (SSSR count). The molecule has 1 saturated carbocycles. The molecule has 2 aliphatic rings. The molecule has 1 aliphatic carbocycles. The van der Waals surface area contributed by atoms with E-state index in [2.05, 4.69) is 41.6 Å². The first-order chi connectivity index (χ1) is 15.1. The number of aromatic amines is 1. The molecule has 4 amide bonds. The Morgan fingerprint density at radius 1 is 1.19 bits per heavy atom. The summed E-state index contributed by atoms with van der Waals surface area (Å²) in [5, 5.41) is 12.0. The lowest BCUT2D eigenvalue weighted by Gasteiger charge is -2.43. The number of nitrogens with zero attached hydrogens (tertiary/aromatic N) is 2. The monoisotopic (exact) mass is 437 g/mol. The molecular formula is C23H27N5O4. The number of rotatable bonds is 4.